The zero-order valence-corrected chi connectivity index (χ0v) is 10.0. The normalized spacial score (nSPS) is 10.1. The monoisotopic (exact) mass is 244 g/mol. The lowest BCUT2D eigenvalue weighted by Gasteiger charge is -2.06. The van der Waals surface area contributed by atoms with Crippen LogP contribution in [0, 0.1) is 12.7 Å². The van der Waals surface area contributed by atoms with Gasteiger partial charge in [-0.05, 0) is 30.2 Å². The highest BCUT2D eigenvalue weighted by Gasteiger charge is 2.10. The fraction of sp³-hybridized carbons (Fsp3) is 0.133. The van der Waals surface area contributed by atoms with Crippen molar-refractivity contribution in [3.63, 3.8) is 0 Å². The quantitative estimate of drug-likeness (QED) is 0.611. The molecule has 0 radical (unpaired) electrons. The Morgan fingerprint density at radius 2 is 1.89 bits per heavy atom. The standard InChI is InChI=1S/C15H13FO2/c1-11-7-8-14(13(16)9-11)18-15(17)10-12-5-3-2-4-6-12/h2-9H,10H2,1H3. The van der Waals surface area contributed by atoms with Crippen LogP contribution in [0.3, 0.4) is 0 Å². The summed E-state index contributed by atoms with van der Waals surface area (Å²) in [6, 6.07) is 13.7. The van der Waals surface area contributed by atoms with E-state index in [4.69, 9.17) is 4.74 Å². The van der Waals surface area contributed by atoms with Gasteiger partial charge in [0.2, 0.25) is 0 Å². The van der Waals surface area contributed by atoms with Crippen molar-refractivity contribution in [2.24, 2.45) is 0 Å². The highest BCUT2D eigenvalue weighted by molar-refractivity contribution is 5.75. The van der Waals surface area contributed by atoms with Crippen LogP contribution in [0.4, 0.5) is 4.39 Å². The number of halogens is 1. The number of benzene rings is 2. The molecular weight excluding hydrogens is 231 g/mol. The average Bonchev–Trinajstić information content (AvgIpc) is 2.34. The third kappa shape index (κ3) is 3.17. The van der Waals surface area contributed by atoms with Gasteiger partial charge in [-0.3, -0.25) is 4.79 Å². The Labute approximate surface area is 105 Å². The van der Waals surface area contributed by atoms with Crippen molar-refractivity contribution in [1.29, 1.82) is 0 Å². The minimum Gasteiger partial charge on any atom is -0.423 e. The molecule has 0 bridgehead atoms. The Morgan fingerprint density at radius 1 is 1.17 bits per heavy atom. The summed E-state index contributed by atoms with van der Waals surface area (Å²) in [5.74, 6) is -1.01. The molecule has 0 amide bonds. The smallest absolute Gasteiger partial charge is 0.315 e. The molecule has 18 heavy (non-hydrogen) atoms. The largest absolute Gasteiger partial charge is 0.423 e. The molecule has 0 N–H and O–H groups in total. The number of hydrogen-bond acceptors (Lipinski definition) is 2. The van der Waals surface area contributed by atoms with E-state index in [9.17, 15) is 9.18 Å². The summed E-state index contributed by atoms with van der Waals surface area (Å²) in [5.41, 5.74) is 1.63. The van der Waals surface area contributed by atoms with E-state index >= 15 is 0 Å². The number of esters is 1. The minimum absolute atomic E-state index is 0.0264. The molecule has 0 fully saturated rings. The molecule has 2 rings (SSSR count). The fourth-order valence-corrected chi connectivity index (χ4v) is 1.61. The van der Waals surface area contributed by atoms with E-state index in [2.05, 4.69) is 0 Å². The molecule has 0 aliphatic rings. The molecule has 0 saturated carbocycles. The number of rotatable bonds is 3. The van der Waals surface area contributed by atoms with E-state index in [1.54, 1.807) is 13.0 Å². The summed E-state index contributed by atoms with van der Waals surface area (Å²) < 4.78 is 18.5. The van der Waals surface area contributed by atoms with E-state index < -0.39 is 11.8 Å². The zero-order valence-electron chi connectivity index (χ0n) is 10.0. The predicted molar refractivity (Wildman–Crippen MR) is 66.9 cm³/mol. The minimum atomic E-state index is -0.517. The molecule has 0 spiro atoms. The fourth-order valence-electron chi connectivity index (χ4n) is 1.61. The number of hydrogen-bond donors (Lipinski definition) is 0. The first-order chi connectivity index (χ1) is 8.65. The second-order valence-corrected chi connectivity index (χ2v) is 4.07. The summed E-state index contributed by atoms with van der Waals surface area (Å²) >= 11 is 0. The summed E-state index contributed by atoms with van der Waals surface area (Å²) in [5, 5.41) is 0. The Morgan fingerprint density at radius 3 is 2.56 bits per heavy atom. The second-order valence-electron chi connectivity index (χ2n) is 4.07. The molecule has 2 aromatic rings. The van der Waals surface area contributed by atoms with E-state index in [0.717, 1.165) is 11.1 Å². The Hall–Kier alpha value is -2.16. The highest BCUT2D eigenvalue weighted by atomic mass is 19.1. The van der Waals surface area contributed by atoms with Gasteiger partial charge in [-0.2, -0.15) is 0 Å². The SMILES string of the molecule is Cc1ccc(OC(=O)Cc2ccccc2)c(F)c1. The van der Waals surface area contributed by atoms with Gasteiger partial charge < -0.3 is 4.74 Å². The van der Waals surface area contributed by atoms with Crippen LogP contribution >= 0.6 is 0 Å². The molecule has 0 heterocycles. The van der Waals surface area contributed by atoms with Crippen molar-refractivity contribution in [2.75, 3.05) is 0 Å². The lowest BCUT2D eigenvalue weighted by Crippen LogP contribution is -2.12. The predicted octanol–water partition coefficient (Wildman–Crippen LogP) is 3.28. The molecule has 2 nitrogen and oxygen atoms in total. The molecule has 92 valence electrons. The molecule has 0 saturated heterocycles. The van der Waals surface area contributed by atoms with Crippen molar-refractivity contribution in [3.8, 4) is 5.75 Å². The van der Waals surface area contributed by atoms with Crippen LogP contribution in [-0.4, -0.2) is 5.97 Å². The van der Waals surface area contributed by atoms with Crippen LogP contribution in [-0.2, 0) is 11.2 Å². The first-order valence-electron chi connectivity index (χ1n) is 5.66. The highest BCUT2D eigenvalue weighted by Crippen LogP contribution is 2.18. The van der Waals surface area contributed by atoms with Gasteiger partial charge in [0.15, 0.2) is 11.6 Å². The van der Waals surface area contributed by atoms with Crippen molar-refractivity contribution in [3.05, 3.63) is 65.5 Å². The number of ether oxygens (including phenoxy) is 1. The van der Waals surface area contributed by atoms with E-state index in [0.29, 0.717) is 0 Å². The van der Waals surface area contributed by atoms with Crippen LogP contribution in [0.5, 0.6) is 5.75 Å². The molecule has 3 heteroatoms. The maximum absolute atomic E-state index is 13.5. The average molecular weight is 244 g/mol. The lowest BCUT2D eigenvalue weighted by molar-refractivity contribution is -0.133. The summed E-state index contributed by atoms with van der Waals surface area (Å²) in [6.07, 6.45) is 0.133. The molecule has 0 aliphatic heterocycles. The molecular formula is C15H13FO2. The van der Waals surface area contributed by atoms with Crippen LogP contribution in [0.25, 0.3) is 0 Å². The van der Waals surface area contributed by atoms with Gasteiger partial charge in [-0.1, -0.05) is 36.4 Å². The third-order valence-corrected chi connectivity index (χ3v) is 2.50. The van der Waals surface area contributed by atoms with Gasteiger partial charge in [0.1, 0.15) is 0 Å². The van der Waals surface area contributed by atoms with Crippen LogP contribution < -0.4 is 4.74 Å². The number of carbonyl (C=O) groups excluding carboxylic acids is 1. The number of carbonyl (C=O) groups is 1. The summed E-state index contributed by atoms with van der Waals surface area (Å²) in [6.45, 7) is 1.78. The van der Waals surface area contributed by atoms with Crippen molar-refractivity contribution in [2.45, 2.75) is 13.3 Å². The molecule has 0 aromatic heterocycles. The Balaban J connectivity index is 2.03. The maximum atomic E-state index is 13.5. The topological polar surface area (TPSA) is 26.3 Å². The second kappa shape index (κ2) is 5.45. The maximum Gasteiger partial charge on any atom is 0.315 e. The first-order valence-corrected chi connectivity index (χ1v) is 5.66. The van der Waals surface area contributed by atoms with Crippen LogP contribution in [0.15, 0.2) is 48.5 Å². The van der Waals surface area contributed by atoms with Crippen LogP contribution in [0.1, 0.15) is 11.1 Å². The Kier molecular flexibility index (Phi) is 3.72. The third-order valence-electron chi connectivity index (χ3n) is 2.50. The van der Waals surface area contributed by atoms with Gasteiger partial charge in [0, 0.05) is 0 Å². The van der Waals surface area contributed by atoms with Gasteiger partial charge >= 0.3 is 5.97 Å². The van der Waals surface area contributed by atoms with Crippen molar-refractivity contribution >= 4 is 5.97 Å². The van der Waals surface area contributed by atoms with E-state index in [1.807, 2.05) is 30.3 Å². The Bertz CT molecular complexity index is 550. The van der Waals surface area contributed by atoms with Crippen molar-refractivity contribution < 1.29 is 13.9 Å². The molecule has 0 atom stereocenters. The molecule has 0 unspecified atom stereocenters. The zero-order chi connectivity index (χ0) is 13.0. The van der Waals surface area contributed by atoms with Gasteiger partial charge in [-0.15, -0.1) is 0 Å². The molecule has 2 aromatic carbocycles. The lowest BCUT2D eigenvalue weighted by atomic mass is 10.1. The molecule has 0 aliphatic carbocycles. The van der Waals surface area contributed by atoms with E-state index in [1.165, 1.54) is 12.1 Å². The first kappa shape index (κ1) is 12.3. The van der Waals surface area contributed by atoms with Crippen LogP contribution in [0.2, 0.25) is 0 Å². The van der Waals surface area contributed by atoms with Gasteiger partial charge in [-0.25, -0.2) is 4.39 Å². The summed E-state index contributed by atoms with van der Waals surface area (Å²) in [7, 11) is 0. The summed E-state index contributed by atoms with van der Waals surface area (Å²) in [4.78, 5) is 11.6. The van der Waals surface area contributed by atoms with Gasteiger partial charge in [0.05, 0.1) is 6.42 Å². The van der Waals surface area contributed by atoms with E-state index in [-0.39, 0.29) is 12.2 Å². The number of aryl methyl sites for hydroxylation is 1. The van der Waals surface area contributed by atoms with Gasteiger partial charge in [0.25, 0.3) is 0 Å². The van der Waals surface area contributed by atoms with Crippen molar-refractivity contribution in [1.82, 2.24) is 0 Å².